The zero-order valence-electron chi connectivity index (χ0n) is 11.4. The molecule has 0 fully saturated rings. The molecule has 3 heteroatoms. The summed E-state index contributed by atoms with van der Waals surface area (Å²) in [5.74, 6) is 1.38. The van der Waals surface area contributed by atoms with E-state index in [1.165, 1.54) is 5.56 Å². The van der Waals surface area contributed by atoms with E-state index in [1.54, 1.807) is 6.92 Å². The molecule has 3 nitrogen and oxygen atoms in total. The fourth-order valence-corrected chi connectivity index (χ4v) is 1.77. The van der Waals surface area contributed by atoms with Crippen LogP contribution >= 0.6 is 0 Å². The first-order chi connectivity index (χ1) is 8.46. The third kappa shape index (κ3) is 4.38. The van der Waals surface area contributed by atoms with E-state index in [-0.39, 0.29) is 0 Å². The van der Waals surface area contributed by atoms with Crippen molar-refractivity contribution in [2.45, 2.75) is 45.1 Å². The van der Waals surface area contributed by atoms with Crippen LogP contribution in [0.15, 0.2) is 24.3 Å². The van der Waals surface area contributed by atoms with Gasteiger partial charge in [0, 0.05) is 0 Å². The van der Waals surface area contributed by atoms with Crippen LogP contribution in [0.3, 0.4) is 0 Å². The molecule has 1 aromatic rings. The topological polar surface area (TPSA) is 59.0 Å². The number of rotatable bonds is 6. The molecule has 18 heavy (non-hydrogen) atoms. The molecule has 1 aromatic carbocycles. The summed E-state index contributed by atoms with van der Waals surface area (Å²) >= 11 is 0. The molecule has 0 saturated heterocycles. The van der Waals surface area contributed by atoms with Gasteiger partial charge < -0.3 is 10.5 Å². The van der Waals surface area contributed by atoms with Crippen LogP contribution < -0.4 is 10.5 Å². The molecule has 0 aliphatic carbocycles. The lowest BCUT2D eigenvalue weighted by Gasteiger charge is -2.17. The Bertz CT molecular complexity index is 419. The molecule has 0 amide bonds. The Labute approximate surface area is 110 Å². The van der Waals surface area contributed by atoms with Crippen molar-refractivity contribution in [2.24, 2.45) is 5.73 Å². The van der Waals surface area contributed by atoms with Crippen LogP contribution in [-0.2, 0) is 0 Å². The summed E-state index contributed by atoms with van der Waals surface area (Å²) in [7, 11) is 0. The van der Waals surface area contributed by atoms with E-state index in [1.807, 2.05) is 18.2 Å². The van der Waals surface area contributed by atoms with Gasteiger partial charge in [-0.1, -0.05) is 32.0 Å². The summed E-state index contributed by atoms with van der Waals surface area (Å²) in [6, 6.07) is 10.2. The van der Waals surface area contributed by atoms with Crippen molar-refractivity contribution >= 4 is 0 Å². The summed E-state index contributed by atoms with van der Waals surface area (Å²) in [4.78, 5) is 0. The van der Waals surface area contributed by atoms with Gasteiger partial charge in [0.15, 0.2) is 0 Å². The SMILES string of the molecule is CC(C)c1ccccc1OCCCC(C)(N)C#N. The Hall–Kier alpha value is -1.53. The zero-order valence-corrected chi connectivity index (χ0v) is 11.4. The van der Waals surface area contributed by atoms with Crippen LogP contribution in [-0.4, -0.2) is 12.1 Å². The van der Waals surface area contributed by atoms with Crippen molar-refractivity contribution < 1.29 is 4.74 Å². The molecule has 0 spiro atoms. The highest BCUT2D eigenvalue weighted by atomic mass is 16.5. The van der Waals surface area contributed by atoms with E-state index in [2.05, 4.69) is 26.0 Å². The smallest absolute Gasteiger partial charge is 0.122 e. The molecule has 1 rings (SSSR count). The largest absolute Gasteiger partial charge is 0.493 e. The van der Waals surface area contributed by atoms with Crippen molar-refractivity contribution in [3.8, 4) is 11.8 Å². The monoisotopic (exact) mass is 246 g/mol. The van der Waals surface area contributed by atoms with Gasteiger partial charge >= 0.3 is 0 Å². The van der Waals surface area contributed by atoms with Gasteiger partial charge in [0.05, 0.1) is 12.7 Å². The van der Waals surface area contributed by atoms with E-state index < -0.39 is 5.54 Å². The average Bonchev–Trinajstić information content (AvgIpc) is 2.35. The number of hydrogen-bond acceptors (Lipinski definition) is 3. The first-order valence-electron chi connectivity index (χ1n) is 6.38. The third-order valence-electron chi connectivity index (χ3n) is 2.89. The van der Waals surface area contributed by atoms with Crippen LogP contribution in [0.2, 0.25) is 0 Å². The van der Waals surface area contributed by atoms with Crippen molar-refractivity contribution in [2.75, 3.05) is 6.61 Å². The maximum Gasteiger partial charge on any atom is 0.122 e. The number of nitrogens with two attached hydrogens (primary N) is 1. The highest BCUT2D eigenvalue weighted by molar-refractivity contribution is 5.35. The second kappa shape index (κ2) is 6.42. The minimum atomic E-state index is -0.749. The maximum absolute atomic E-state index is 8.81. The molecule has 98 valence electrons. The summed E-state index contributed by atoms with van der Waals surface area (Å²) in [6.07, 6.45) is 1.43. The van der Waals surface area contributed by atoms with Gasteiger partial charge in [-0.3, -0.25) is 0 Å². The number of benzene rings is 1. The lowest BCUT2D eigenvalue weighted by atomic mass is 10.00. The minimum absolute atomic E-state index is 0.445. The van der Waals surface area contributed by atoms with Crippen LogP contribution in [0.5, 0.6) is 5.75 Å². The van der Waals surface area contributed by atoms with Gasteiger partial charge in [-0.15, -0.1) is 0 Å². The molecular weight excluding hydrogens is 224 g/mol. The molecule has 0 bridgehead atoms. The first-order valence-corrected chi connectivity index (χ1v) is 6.38. The number of nitriles is 1. The van der Waals surface area contributed by atoms with E-state index in [4.69, 9.17) is 15.7 Å². The van der Waals surface area contributed by atoms with Crippen molar-refractivity contribution in [1.82, 2.24) is 0 Å². The molecule has 0 aliphatic rings. The molecule has 0 radical (unpaired) electrons. The fraction of sp³-hybridized carbons (Fsp3) is 0.533. The normalized spacial score (nSPS) is 14.0. The number of ether oxygens (including phenoxy) is 1. The van der Waals surface area contributed by atoms with Crippen LogP contribution in [0.4, 0.5) is 0 Å². The van der Waals surface area contributed by atoms with Crippen LogP contribution in [0.25, 0.3) is 0 Å². The number of hydrogen-bond donors (Lipinski definition) is 1. The van der Waals surface area contributed by atoms with Gasteiger partial charge in [-0.25, -0.2) is 0 Å². The summed E-state index contributed by atoms with van der Waals surface area (Å²) in [6.45, 7) is 6.64. The molecule has 0 aromatic heterocycles. The van der Waals surface area contributed by atoms with Crippen molar-refractivity contribution in [3.63, 3.8) is 0 Å². The molecule has 1 unspecified atom stereocenters. The van der Waals surface area contributed by atoms with Gasteiger partial charge in [0.2, 0.25) is 0 Å². The molecular formula is C15H22N2O. The standard InChI is InChI=1S/C15H22N2O/c1-12(2)13-7-4-5-8-14(13)18-10-6-9-15(3,17)11-16/h4-5,7-8,12H,6,9-10,17H2,1-3H3. The second-order valence-corrected chi connectivity index (χ2v) is 5.17. The zero-order chi connectivity index (χ0) is 13.6. The van der Waals surface area contributed by atoms with Gasteiger partial charge in [0.1, 0.15) is 11.3 Å². The predicted molar refractivity (Wildman–Crippen MR) is 73.5 cm³/mol. The minimum Gasteiger partial charge on any atom is -0.493 e. The molecule has 2 N–H and O–H groups in total. The molecule has 0 heterocycles. The third-order valence-corrected chi connectivity index (χ3v) is 2.89. The second-order valence-electron chi connectivity index (χ2n) is 5.17. The Morgan fingerprint density at radius 3 is 2.67 bits per heavy atom. The predicted octanol–water partition coefficient (Wildman–Crippen LogP) is 3.21. The number of para-hydroxylation sites is 1. The fourth-order valence-electron chi connectivity index (χ4n) is 1.77. The van der Waals surface area contributed by atoms with E-state index in [0.717, 1.165) is 12.2 Å². The van der Waals surface area contributed by atoms with Gasteiger partial charge in [-0.2, -0.15) is 5.26 Å². The summed E-state index contributed by atoms with van der Waals surface area (Å²) < 4.78 is 5.77. The van der Waals surface area contributed by atoms with Gasteiger partial charge in [-0.05, 0) is 37.3 Å². The Kier molecular flexibility index (Phi) is 5.18. The Morgan fingerprint density at radius 2 is 2.06 bits per heavy atom. The lowest BCUT2D eigenvalue weighted by Crippen LogP contribution is -2.34. The maximum atomic E-state index is 8.81. The Morgan fingerprint density at radius 1 is 1.39 bits per heavy atom. The highest BCUT2D eigenvalue weighted by Crippen LogP contribution is 2.26. The van der Waals surface area contributed by atoms with E-state index in [0.29, 0.717) is 18.9 Å². The summed E-state index contributed by atoms with van der Waals surface area (Å²) in [5, 5.41) is 8.81. The highest BCUT2D eigenvalue weighted by Gasteiger charge is 2.16. The average molecular weight is 246 g/mol. The van der Waals surface area contributed by atoms with Crippen molar-refractivity contribution in [3.05, 3.63) is 29.8 Å². The molecule has 0 aliphatic heterocycles. The van der Waals surface area contributed by atoms with Crippen molar-refractivity contribution in [1.29, 1.82) is 5.26 Å². The van der Waals surface area contributed by atoms with Crippen LogP contribution in [0, 0.1) is 11.3 Å². The van der Waals surface area contributed by atoms with Crippen LogP contribution in [0.1, 0.15) is 45.1 Å². The summed E-state index contributed by atoms with van der Waals surface area (Å²) in [5.41, 5.74) is 6.22. The first kappa shape index (κ1) is 14.5. The number of nitrogens with zero attached hydrogens (tertiary/aromatic N) is 1. The Balaban J connectivity index is 2.48. The molecule has 1 atom stereocenters. The molecule has 0 saturated carbocycles. The quantitative estimate of drug-likeness (QED) is 0.784. The van der Waals surface area contributed by atoms with Gasteiger partial charge in [0.25, 0.3) is 0 Å². The van der Waals surface area contributed by atoms with E-state index >= 15 is 0 Å². The lowest BCUT2D eigenvalue weighted by molar-refractivity contribution is 0.292. The van der Waals surface area contributed by atoms with E-state index in [9.17, 15) is 0 Å².